The van der Waals surface area contributed by atoms with Gasteiger partial charge in [-0.1, -0.05) is 17.7 Å². The molecule has 3 heterocycles. The molecule has 1 fully saturated rings. The Bertz CT molecular complexity index is 965. The Balaban J connectivity index is 1.33. The Labute approximate surface area is 186 Å². The second-order valence-corrected chi connectivity index (χ2v) is 8.73. The Morgan fingerprint density at radius 1 is 1.30 bits per heavy atom. The molecule has 0 saturated carbocycles. The number of nitrogens with one attached hydrogen (secondary N) is 3. The van der Waals surface area contributed by atoms with Crippen molar-refractivity contribution in [2.24, 2.45) is 4.99 Å². The Hall–Kier alpha value is -2.06. The maximum atomic E-state index is 6.16. The molecule has 1 aliphatic heterocycles. The van der Waals surface area contributed by atoms with Crippen molar-refractivity contribution >= 4 is 39.8 Å². The number of benzene rings is 1. The first-order valence-electron chi connectivity index (χ1n) is 10.3. The van der Waals surface area contributed by atoms with Crippen molar-refractivity contribution in [3.8, 4) is 0 Å². The summed E-state index contributed by atoms with van der Waals surface area (Å²) in [6, 6.07) is 10.6. The van der Waals surface area contributed by atoms with Crippen LogP contribution >= 0.6 is 22.9 Å². The number of nitrogens with zero attached hydrogens (tertiary/aromatic N) is 2. The molecule has 30 heavy (non-hydrogen) atoms. The largest absolute Gasteiger partial charge is 0.379 e. The number of aliphatic imine (C=N–C) groups is 1. The zero-order chi connectivity index (χ0) is 20.8. The van der Waals surface area contributed by atoms with Crippen molar-refractivity contribution in [2.75, 3.05) is 46.4 Å². The molecule has 1 atom stereocenters. The van der Waals surface area contributed by atoms with E-state index in [4.69, 9.17) is 16.3 Å². The van der Waals surface area contributed by atoms with Crippen LogP contribution in [0.1, 0.15) is 16.5 Å². The van der Waals surface area contributed by atoms with Crippen molar-refractivity contribution in [1.82, 2.24) is 20.5 Å². The molecule has 2 aromatic heterocycles. The molecule has 0 spiro atoms. The van der Waals surface area contributed by atoms with Crippen LogP contribution in [0.4, 0.5) is 0 Å². The minimum atomic E-state index is 0.322. The lowest BCUT2D eigenvalue weighted by Crippen LogP contribution is -2.46. The van der Waals surface area contributed by atoms with E-state index in [1.165, 1.54) is 15.8 Å². The van der Waals surface area contributed by atoms with E-state index in [2.05, 4.69) is 49.2 Å². The van der Waals surface area contributed by atoms with Crippen molar-refractivity contribution in [3.63, 3.8) is 0 Å². The van der Waals surface area contributed by atoms with Crippen molar-refractivity contribution in [3.05, 3.63) is 57.4 Å². The number of halogens is 1. The Morgan fingerprint density at radius 3 is 2.93 bits per heavy atom. The monoisotopic (exact) mass is 445 g/mol. The molecule has 160 valence electrons. The van der Waals surface area contributed by atoms with E-state index >= 15 is 0 Å². The van der Waals surface area contributed by atoms with Gasteiger partial charge in [-0.15, -0.1) is 11.3 Å². The highest BCUT2D eigenvalue weighted by molar-refractivity contribution is 7.10. The smallest absolute Gasteiger partial charge is 0.191 e. The third-order valence-corrected chi connectivity index (χ3v) is 6.67. The number of H-pyrrole nitrogens is 1. The van der Waals surface area contributed by atoms with Crippen LogP contribution < -0.4 is 10.6 Å². The molecule has 4 rings (SSSR count). The van der Waals surface area contributed by atoms with E-state index < -0.39 is 0 Å². The summed E-state index contributed by atoms with van der Waals surface area (Å²) in [4.78, 5) is 11.6. The summed E-state index contributed by atoms with van der Waals surface area (Å²) < 4.78 is 5.53. The molecule has 0 radical (unpaired) electrons. The van der Waals surface area contributed by atoms with Gasteiger partial charge < -0.3 is 20.4 Å². The summed E-state index contributed by atoms with van der Waals surface area (Å²) in [5.41, 5.74) is 2.36. The normalized spacial score (nSPS) is 16.7. The fourth-order valence-corrected chi connectivity index (χ4v) is 4.90. The molecule has 1 saturated heterocycles. The first-order valence-corrected chi connectivity index (χ1v) is 11.6. The third kappa shape index (κ3) is 5.16. The summed E-state index contributed by atoms with van der Waals surface area (Å²) in [7, 11) is 1.82. The summed E-state index contributed by atoms with van der Waals surface area (Å²) >= 11 is 7.97. The van der Waals surface area contributed by atoms with E-state index in [0.29, 0.717) is 6.04 Å². The standard InChI is InChI=1S/C22H28ClN5OS/c1-24-22(25-7-6-16-14-26-19-5-4-17(23)13-18(16)19)27-15-20(21-3-2-12-30-21)28-8-10-29-11-9-28/h2-5,12-14,20,26H,6-11,15H2,1H3,(H2,24,25,27). The number of hydrogen-bond donors (Lipinski definition) is 3. The summed E-state index contributed by atoms with van der Waals surface area (Å²) in [5, 5.41) is 11.0. The van der Waals surface area contributed by atoms with Crippen LogP contribution in [0.15, 0.2) is 46.9 Å². The van der Waals surface area contributed by atoms with Gasteiger partial charge in [0.2, 0.25) is 0 Å². The van der Waals surface area contributed by atoms with Gasteiger partial charge in [0.05, 0.1) is 19.3 Å². The quantitative estimate of drug-likeness (QED) is 0.383. The average Bonchev–Trinajstić information content (AvgIpc) is 3.44. The molecule has 8 heteroatoms. The van der Waals surface area contributed by atoms with Crippen LogP contribution in [-0.4, -0.2) is 62.3 Å². The van der Waals surface area contributed by atoms with Gasteiger partial charge in [-0.2, -0.15) is 0 Å². The number of hydrogen-bond acceptors (Lipinski definition) is 4. The molecule has 6 nitrogen and oxygen atoms in total. The van der Waals surface area contributed by atoms with E-state index in [1.54, 1.807) is 11.3 Å². The first kappa shape index (κ1) is 21.2. The fourth-order valence-electron chi connectivity index (χ4n) is 3.87. The zero-order valence-corrected chi connectivity index (χ0v) is 18.7. The highest BCUT2D eigenvalue weighted by atomic mass is 35.5. The topological polar surface area (TPSA) is 64.7 Å². The highest BCUT2D eigenvalue weighted by Gasteiger charge is 2.23. The summed E-state index contributed by atoms with van der Waals surface area (Å²) in [5.74, 6) is 0.822. The minimum absolute atomic E-state index is 0.322. The maximum Gasteiger partial charge on any atom is 0.191 e. The van der Waals surface area contributed by atoms with Gasteiger partial charge in [0.15, 0.2) is 5.96 Å². The van der Waals surface area contributed by atoms with Crippen LogP contribution in [0.25, 0.3) is 10.9 Å². The second kappa shape index (κ2) is 10.3. The molecule has 0 bridgehead atoms. The lowest BCUT2D eigenvalue weighted by Gasteiger charge is -2.34. The van der Waals surface area contributed by atoms with Crippen LogP contribution in [0.2, 0.25) is 5.02 Å². The third-order valence-electron chi connectivity index (χ3n) is 5.46. The van der Waals surface area contributed by atoms with Crippen LogP contribution in [0, 0.1) is 0 Å². The molecule has 0 amide bonds. The number of ether oxygens (including phenoxy) is 1. The van der Waals surface area contributed by atoms with E-state index in [-0.39, 0.29) is 0 Å². The number of rotatable bonds is 7. The van der Waals surface area contributed by atoms with Crippen molar-refractivity contribution in [1.29, 1.82) is 0 Å². The number of thiophene rings is 1. The lowest BCUT2D eigenvalue weighted by molar-refractivity contribution is 0.0177. The van der Waals surface area contributed by atoms with E-state index in [0.717, 1.165) is 62.3 Å². The first-order chi connectivity index (χ1) is 14.7. The fraction of sp³-hybridized carbons (Fsp3) is 0.409. The van der Waals surface area contributed by atoms with Gasteiger partial charge in [-0.05, 0) is 41.6 Å². The molecular weight excluding hydrogens is 418 g/mol. The molecule has 0 aliphatic carbocycles. The Kier molecular flexibility index (Phi) is 7.28. The van der Waals surface area contributed by atoms with Crippen molar-refractivity contribution < 1.29 is 4.74 Å². The SMILES string of the molecule is CN=C(NCCc1c[nH]c2ccc(Cl)cc12)NCC(c1cccs1)N1CCOCC1. The predicted octanol–water partition coefficient (Wildman–Crippen LogP) is 3.66. The average molecular weight is 446 g/mol. The van der Waals surface area contributed by atoms with Gasteiger partial charge in [0, 0.05) is 60.2 Å². The van der Waals surface area contributed by atoms with Crippen LogP contribution in [0.5, 0.6) is 0 Å². The highest BCUT2D eigenvalue weighted by Crippen LogP contribution is 2.25. The van der Waals surface area contributed by atoms with Gasteiger partial charge in [0.1, 0.15) is 0 Å². The lowest BCUT2D eigenvalue weighted by atomic mass is 10.1. The molecule has 3 N–H and O–H groups in total. The second-order valence-electron chi connectivity index (χ2n) is 7.31. The molecule has 3 aromatic rings. The molecule has 1 aromatic carbocycles. The number of fused-ring (bicyclic) bond motifs is 1. The number of guanidine groups is 1. The van der Waals surface area contributed by atoms with Gasteiger partial charge in [0.25, 0.3) is 0 Å². The molecular formula is C22H28ClN5OS. The number of aromatic nitrogens is 1. The number of aromatic amines is 1. The van der Waals surface area contributed by atoms with Gasteiger partial charge in [-0.25, -0.2) is 0 Å². The number of morpholine rings is 1. The molecule has 1 unspecified atom stereocenters. The zero-order valence-electron chi connectivity index (χ0n) is 17.2. The minimum Gasteiger partial charge on any atom is -0.379 e. The molecule has 1 aliphatic rings. The van der Waals surface area contributed by atoms with Gasteiger partial charge >= 0.3 is 0 Å². The Morgan fingerprint density at radius 2 is 2.17 bits per heavy atom. The van der Waals surface area contributed by atoms with Crippen LogP contribution in [-0.2, 0) is 11.2 Å². The van der Waals surface area contributed by atoms with E-state index in [9.17, 15) is 0 Å². The van der Waals surface area contributed by atoms with Gasteiger partial charge in [-0.3, -0.25) is 9.89 Å². The van der Waals surface area contributed by atoms with E-state index in [1.807, 2.05) is 25.2 Å². The van der Waals surface area contributed by atoms with Crippen LogP contribution in [0.3, 0.4) is 0 Å². The summed E-state index contributed by atoms with van der Waals surface area (Å²) in [6.07, 6.45) is 2.95. The predicted molar refractivity (Wildman–Crippen MR) is 126 cm³/mol. The maximum absolute atomic E-state index is 6.16. The van der Waals surface area contributed by atoms with Crippen molar-refractivity contribution in [2.45, 2.75) is 12.5 Å². The summed E-state index contributed by atoms with van der Waals surface area (Å²) in [6.45, 7) is 5.11.